The third-order valence-corrected chi connectivity index (χ3v) is 3.92. The number of aliphatic hydroxyl groups is 1. The highest BCUT2D eigenvalue weighted by Gasteiger charge is 2.31. The standard InChI is InChI=1S/C16H15F3N2O/c1-9-5-14-12(15(22)6-9)8-13(20-21-14)10-3-2-4-11(7-10)16(17,18)19/h2-4,7-9,15,22H,5-6H2,1H3/t9-,15-/m1/s1. The summed E-state index contributed by atoms with van der Waals surface area (Å²) >= 11 is 0. The van der Waals surface area contributed by atoms with E-state index in [1.165, 1.54) is 6.07 Å². The van der Waals surface area contributed by atoms with Crippen molar-refractivity contribution in [2.75, 3.05) is 0 Å². The number of aliphatic hydroxyl groups excluding tert-OH is 1. The Balaban J connectivity index is 2.02. The summed E-state index contributed by atoms with van der Waals surface area (Å²) in [6, 6.07) is 6.62. The fourth-order valence-electron chi connectivity index (χ4n) is 2.80. The Morgan fingerprint density at radius 2 is 1.95 bits per heavy atom. The molecule has 0 aliphatic heterocycles. The Bertz CT molecular complexity index is 700. The van der Waals surface area contributed by atoms with E-state index in [1.54, 1.807) is 12.1 Å². The number of nitrogens with zero attached hydrogens (tertiary/aromatic N) is 2. The smallest absolute Gasteiger partial charge is 0.388 e. The molecule has 1 N–H and O–H groups in total. The molecule has 1 aromatic carbocycles. The van der Waals surface area contributed by atoms with Crippen LogP contribution in [0.1, 0.15) is 36.3 Å². The van der Waals surface area contributed by atoms with Gasteiger partial charge in [0.2, 0.25) is 0 Å². The van der Waals surface area contributed by atoms with Crippen molar-refractivity contribution in [3.05, 3.63) is 47.2 Å². The van der Waals surface area contributed by atoms with Crippen LogP contribution in [-0.2, 0) is 12.6 Å². The Morgan fingerprint density at radius 3 is 2.68 bits per heavy atom. The lowest BCUT2D eigenvalue weighted by Crippen LogP contribution is -2.18. The first-order valence-corrected chi connectivity index (χ1v) is 7.07. The first kappa shape index (κ1) is 15.0. The van der Waals surface area contributed by atoms with Crippen molar-refractivity contribution >= 4 is 0 Å². The highest BCUT2D eigenvalue weighted by atomic mass is 19.4. The maximum absolute atomic E-state index is 12.8. The summed E-state index contributed by atoms with van der Waals surface area (Å²) in [5.41, 5.74) is 1.36. The highest BCUT2D eigenvalue weighted by molar-refractivity contribution is 5.61. The number of hydrogen-bond donors (Lipinski definition) is 1. The van der Waals surface area contributed by atoms with Crippen LogP contribution in [0.25, 0.3) is 11.3 Å². The van der Waals surface area contributed by atoms with E-state index in [0.29, 0.717) is 29.2 Å². The zero-order chi connectivity index (χ0) is 15.9. The Hall–Kier alpha value is -1.95. The van der Waals surface area contributed by atoms with Gasteiger partial charge in [0.1, 0.15) is 0 Å². The van der Waals surface area contributed by atoms with E-state index in [9.17, 15) is 18.3 Å². The Kier molecular flexibility index (Phi) is 3.64. The van der Waals surface area contributed by atoms with Crippen LogP contribution in [0.5, 0.6) is 0 Å². The number of aromatic nitrogens is 2. The largest absolute Gasteiger partial charge is 0.416 e. The van der Waals surface area contributed by atoms with Crippen molar-refractivity contribution in [3.8, 4) is 11.3 Å². The van der Waals surface area contributed by atoms with Gasteiger partial charge in [-0.05, 0) is 37.0 Å². The third kappa shape index (κ3) is 2.83. The third-order valence-electron chi connectivity index (χ3n) is 3.92. The van der Waals surface area contributed by atoms with Gasteiger partial charge in [-0.2, -0.15) is 23.4 Å². The van der Waals surface area contributed by atoms with Crippen LogP contribution in [0, 0.1) is 5.92 Å². The van der Waals surface area contributed by atoms with Crippen molar-refractivity contribution in [3.63, 3.8) is 0 Å². The molecule has 1 aromatic heterocycles. The van der Waals surface area contributed by atoms with E-state index in [0.717, 1.165) is 24.2 Å². The van der Waals surface area contributed by atoms with Gasteiger partial charge in [-0.15, -0.1) is 0 Å². The van der Waals surface area contributed by atoms with Crippen LogP contribution >= 0.6 is 0 Å². The van der Waals surface area contributed by atoms with Crippen LogP contribution in [-0.4, -0.2) is 15.3 Å². The van der Waals surface area contributed by atoms with Gasteiger partial charge in [-0.1, -0.05) is 19.1 Å². The van der Waals surface area contributed by atoms with E-state index in [1.807, 2.05) is 6.92 Å². The second-order valence-corrected chi connectivity index (χ2v) is 5.77. The number of hydrogen-bond acceptors (Lipinski definition) is 3. The number of rotatable bonds is 1. The van der Waals surface area contributed by atoms with E-state index in [4.69, 9.17) is 0 Å². The molecule has 1 aliphatic carbocycles. The number of halogens is 3. The molecule has 3 rings (SSSR count). The minimum absolute atomic E-state index is 0.316. The molecule has 2 aromatic rings. The fraction of sp³-hybridized carbons (Fsp3) is 0.375. The lowest BCUT2D eigenvalue weighted by Gasteiger charge is -2.25. The van der Waals surface area contributed by atoms with Gasteiger partial charge < -0.3 is 5.11 Å². The molecule has 0 unspecified atom stereocenters. The van der Waals surface area contributed by atoms with Crippen LogP contribution in [0.3, 0.4) is 0 Å². The van der Waals surface area contributed by atoms with E-state index < -0.39 is 17.8 Å². The summed E-state index contributed by atoms with van der Waals surface area (Å²) in [5, 5.41) is 18.3. The summed E-state index contributed by atoms with van der Waals surface area (Å²) in [7, 11) is 0. The van der Waals surface area contributed by atoms with Gasteiger partial charge in [-0.25, -0.2) is 0 Å². The highest BCUT2D eigenvalue weighted by Crippen LogP contribution is 2.35. The lowest BCUT2D eigenvalue weighted by molar-refractivity contribution is -0.137. The molecule has 6 heteroatoms. The molecule has 2 atom stereocenters. The average Bonchev–Trinajstić information content (AvgIpc) is 2.46. The molecule has 0 amide bonds. The van der Waals surface area contributed by atoms with E-state index in [-0.39, 0.29) is 0 Å². The summed E-state index contributed by atoms with van der Waals surface area (Å²) < 4.78 is 38.4. The SMILES string of the molecule is C[C@@H]1Cc2nnc(-c3cccc(C(F)(F)F)c3)cc2[C@H](O)C1. The normalized spacial score (nSPS) is 21.5. The lowest BCUT2D eigenvalue weighted by atomic mass is 9.86. The summed E-state index contributed by atoms with van der Waals surface area (Å²) in [6.45, 7) is 2.02. The molecule has 1 aliphatic rings. The molecule has 0 saturated carbocycles. The maximum atomic E-state index is 12.8. The first-order chi connectivity index (χ1) is 10.3. The predicted octanol–water partition coefficient (Wildman–Crippen LogP) is 3.78. The number of fused-ring (bicyclic) bond motifs is 1. The van der Waals surface area contributed by atoms with Crippen molar-refractivity contribution in [1.29, 1.82) is 0 Å². The number of benzene rings is 1. The van der Waals surface area contributed by atoms with E-state index in [2.05, 4.69) is 10.2 Å². The predicted molar refractivity (Wildman–Crippen MR) is 74.9 cm³/mol. The van der Waals surface area contributed by atoms with Crippen molar-refractivity contribution in [2.24, 2.45) is 5.92 Å². The minimum Gasteiger partial charge on any atom is -0.388 e. The maximum Gasteiger partial charge on any atom is 0.416 e. The van der Waals surface area contributed by atoms with Crippen molar-refractivity contribution in [2.45, 2.75) is 32.0 Å². The van der Waals surface area contributed by atoms with Crippen molar-refractivity contribution in [1.82, 2.24) is 10.2 Å². The first-order valence-electron chi connectivity index (χ1n) is 7.07. The van der Waals surface area contributed by atoms with Gasteiger partial charge in [0.05, 0.1) is 23.1 Å². The van der Waals surface area contributed by atoms with Gasteiger partial charge in [-0.3, -0.25) is 0 Å². The molecule has 116 valence electrons. The summed E-state index contributed by atoms with van der Waals surface area (Å²) in [4.78, 5) is 0. The van der Waals surface area contributed by atoms with E-state index >= 15 is 0 Å². The van der Waals surface area contributed by atoms with Crippen LogP contribution < -0.4 is 0 Å². The molecular weight excluding hydrogens is 293 g/mol. The van der Waals surface area contributed by atoms with Gasteiger partial charge in [0, 0.05) is 11.1 Å². The molecule has 22 heavy (non-hydrogen) atoms. The molecule has 0 saturated heterocycles. The average molecular weight is 308 g/mol. The second-order valence-electron chi connectivity index (χ2n) is 5.77. The van der Waals surface area contributed by atoms with Crippen LogP contribution in [0.4, 0.5) is 13.2 Å². The number of alkyl halides is 3. The van der Waals surface area contributed by atoms with Crippen LogP contribution in [0.2, 0.25) is 0 Å². The molecule has 1 heterocycles. The van der Waals surface area contributed by atoms with Gasteiger partial charge in [0.15, 0.2) is 0 Å². The molecule has 0 bridgehead atoms. The fourth-order valence-corrected chi connectivity index (χ4v) is 2.80. The van der Waals surface area contributed by atoms with Crippen LogP contribution in [0.15, 0.2) is 30.3 Å². The quantitative estimate of drug-likeness (QED) is 0.872. The second kappa shape index (κ2) is 5.35. The van der Waals surface area contributed by atoms with Gasteiger partial charge in [0.25, 0.3) is 0 Å². The summed E-state index contributed by atoms with van der Waals surface area (Å²) in [6.07, 6.45) is -3.69. The zero-order valence-corrected chi connectivity index (χ0v) is 11.9. The Morgan fingerprint density at radius 1 is 1.18 bits per heavy atom. The van der Waals surface area contributed by atoms with Crippen molar-refractivity contribution < 1.29 is 18.3 Å². The zero-order valence-electron chi connectivity index (χ0n) is 11.9. The molecule has 3 nitrogen and oxygen atoms in total. The topological polar surface area (TPSA) is 46.0 Å². The molecular formula is C16H15F3N2O. The Labute approximate surface area is 125 Å². The minimum atomic E-state index is -4.40. The summed E-state index contributed by atoms with van der Waals surface area (Å²) in [5.74, 6) is 0.316. The monoisotopic (exact) mass is 308 g/mol. The molecule has 0 radical (unpaired) electrons. The van der Waals surface area contributed by atoms with Gasteiger partial charge >= 0.3 is 6.18 Å². The molecule has 0 fully saturated rings. The molecule has 0 spiro atoms.